The highest BCUT2D eigenvalue weighted by Crippen LogP contribution is 2.34. The number of rotatable bonds is 9. The van der Waals surface area contributed by atoms with E-state index in [1.54, 1.807) is 24.4 Å². The Labute approximate surface area is 219 Å². The Bertz CT molecular complexity index is 1310. The van der Waals surface area contributed by atoms with Crippen LogP contribution in [-0.4, -0.2) is 39.7 Å². The first-order chi connectivity index (χ1) is 16.2. The van der Waals surface area contributed by atoms with Crippen LogP contribution in [0.3, 0.4) is 0 Å². The SMILES string of the molecule is CCOc1cc(C=Nn2c([C@@H](C)CC)nc3ccc(Br)cc3c2=O)cc(I)c1O[C@H](C)C(=O)O. The maximum atomic E-state index is 13.3. The Hall–Kier alpha value is -2.47. The summed E-state index contributed by atoms with van der Waals surface area (Å²) in [6, 6.07) is 8.90. The monoisotopic (exact) mass is 641 g/mol. The van der Waals surface area contributed by atoms with Crippen molar-refractivity contribution in [2.45, 2.75) is 46.1 Å². The molecule has 1 N–H and O–H groups in total. The third-order valence-electron chi connectivity index (χ3n) is 5.18. The second-order valence-electron chi connectivity index (χ2n) is 7.66. The number of aliphatic carboxylic acids is 1. The van der Waals surface area contributed by atoms with E-state index in [2.05, 4.69) is 43.6 Å². The predicted octanol–water partition coefficient (Wildman–Crippen LogP) is 5.41. The highest BCUT2D eigenvalue weighted by molar-refractivity contribution is 14.1. The van der Waals surface area contributed by atoms with Gasteiger partial charge in [0, 0.05) is 10.4 Å². The van der Waals surface area contributed by atoms with E-state index >= 15 is 0 Å². The molecule has 3 aromatic rings. The van der Waals surface area contributed by atoms with Crippen molar-refractivity contribution in [3.05, 3.63) is 60.1 Å². The molecule has 10 heteroatoms. The van der Waals surface area contributed by atoms with Gasteiger partial charge < -0.3 is 14.6 Å². The molecule has 0 saturated heterocycles. The molecule has 1 aromatic heterocycles. The Morgan fingerprint density at radius 2 is 2.03 bits per heavy atom. The quantitative estimate of drug-likeness (QED) is 0.248. The van der Waals surface area contributed by atoms with Crippen molar-refractivity contribution in [2.75, 3.05) is 6.61 Å². The van der Waals surface area contributed by atoms with Gasteiger partial charge in [0.25, 0.3) is 5.56 Å². The third-order valence-corrected chi connectivity index (χ3v) is 6.48. The summed E-state index contributed by atoms with van der Waals surface area (Å²) in [5.41, 5.74) is 1.03. The van der Waals surface area contributed by atoms with Crippen molar-refractivity contribution < 1.29 is 19.4 Å². The minimum Gasteiger partial charge on any atom is -0.490 e. The number of fused-ring (bicyclic) bond motifs is 1. The van der Waals surface area contributed by atoms with Crippen LogP contribution in [0.2, 0.25) is 0 Å². The molecule has 34 heavy (non-hydrogen) atoms. The first kappa shape index (κ1) is 26.1. The number of halogens is 2. The maximum Gasteiger partial charge on any atom is 0.344 e. The highest BCUT2D eigenvalue weighted by atomic mass is 127. The zero-order valence-electron chi connectivity index (χ0n) is 19.2. The van der Waals surface area contributed by atoms with Crippen molar-refractivity contribution in [3.8, 4) is 11.5 Å². The lowest BCUT2D eigenvalue weighted by atomic mass is 10.1. The van der Waals surface area contributed by atoms with Crippen LogP contribution in [0.25, 0.3) is 10.9 Å². The maximum absolute atomic E-state index is 13.3. The molecule has 3 rings (SSSR count). The van der Waals surface area contributed by atoms with E-state index in [0.29, 0.717) is 44.0 Å². The number of benzene rings is 2. The fourth-order valence-corrected chi connectivity index (χ4v) is 4.28. The van der Waals surface area contributed by atoms with E-state index in [0.717, 1.165) is 10.9 Å². The molecule has 0 saturated carbocycles. The summed E-state index contributed by atoms with van der Waals surface area (Å²) in [5.74, 6) is 0.276. The normalized spacial score (nSPS) is 13.2. The smallest absolute Gasteiger partial charge is 0.344 e. The summed E-state index contributed by atoms with van der Waals surface area (Å²) in [4.78, 5) is 29.3. The van der Waals surface area contributed by atoms with Gasteiger partial charge >= 0.3 is 5.97 Å². The van der Waals surface area contributed by atoms with Crippen LogP contribution < -0.4 is 15.0 Å². The largest absolute Gasteiger partial charge is 0.490 e. The second-order valence-corrected chi connectivity index (χ2v) is 9.74. The van der Waals surface area contributed by atoms with Crippen LogP contribution in [0, 0.1) is 3.57 Å². The molecule has 0 spiro atoms. The molecule has 0 aliphatic rings. The average molecular weight is 642 g/mol. The number of carboxylic acid groups (broad SMARTS) is 1. The molecule has 0 bridgehead atoms. The first-order valence-corrected chi connectivity index (χ1v) is 12.7. The van der Waals surface area contributed by atoms with Crippen molar-refractivity contribution in [3.63, 3.8) is 0 Å². The van der Waals surface area contributed by atoms with Gasteiger partial charge in [0.15, 0.2) is 17.6 Å². The molecule has 0 unspecified atom stereocenters. The number of hydrogen-bond donors (Lipinski definition) is 1. The third kappa shape index (κ3) is 5.77. The number of nitrogens with zero attached hydrogens (tertiary/aromatic N) is 3. The van der Waals surface area contributed by atoms with E-state index in [1.807, 2.05) is 32.9 Å². The Morgan fingerprint density at radius 3 is 2.68 bits per heavy atom. The lowest BCUT2D eigenvalue weighted by Gasteiger charge is -2.17. The van der Waals surface area contributed by atoms with Gasteiger partial charge in [-0.2, -0.15) is 9.78 Å². The van der Waals surface area contributed by atoms with Crippen molar-refractivity contribution >= 4 is 61.6 Å². The Kier molecular flexibility index (Phi) is 8.69. The number of aromatic nitrogens is 2. The lowest BCUT2D eigenvalue weighted by molar-refractivity contribution is -0.144. The summed E-state index contributed by atoms with van der Waals surface area (Å²) in [6.45, 7) is 7.69. The highest BCUT2D eigenvalue weighted by Gasteiger charge is 2.19. The van der Waals surface area contributed by atoms with Crippen LogP contribution in [0.4, 0.5) is 0 Å². The van der Waals surface area contributed by atoms with Gasteiger partial charge in [-0.3, -0.25) is 4.79 Å². The van der Waals surface area contributed by atoms with Gasteiger partial charge in [-0.1, -0.05) is 29.8 Å². The zero-order chi connectivity index (χ0) is 25.0. The fraction of sp³-hybridized carbons (Fsp3) is 0.333. The number of hydrogen-bond acceptors (Lipinski definition) is 6. The summed E-state index contributed by atoms with van der Waals surface area (Å²) >= 11 is 5.48. The zero-order valence-corrected chi connectivity index (χ0v) is 23.0. The van der Waals surface area contributed by atoms with Gasteiger partial charge in [-0.05, 0) is 78.8 Å². The van der Waals surface area contributed by atoms with E-state index in [1.165, 1.54) is 11.6 Å². The molecular formula is C24H25BrIN3O5. The van der Waals surface area contributed by atoms with Gasteiger partial charge in [-0.15, -0.1) is 0 Å². The van der Waals surface area contributed by atoms with Crippen LogP contribution in [0.5, 0.6) is 11.5 Å². The molecule has 0 amide bonds. The summed E-state index contributed by atoms with van der Waals surface area (Å²) in [7, 11) is 0. The van der Waals surface area contributed by atoms with Gasteiger partial charge in [0.05, 0.1) is 27.3 Å². The Balaban J connectivity index is 2.11. The number of carboxylic acids is 1. The number of carbonyl (C=O) groups is 1. The van der Waals surface area contributed by atoms with Crippen LogP contribution >= 0.6 is 38.5 Å². The summed E-state index contributed by atoms with van der Waals surface area (Å²) in [6.07, 6.45) is 1.32. The van der Waals surface area contributed by atoms with Crippen molar-refractivity contribution in [1.29, 1.82) is 0 Å². The van der Waals surface area contributed by atoms with E-state index < -0.39 is 12.1 Å². The molecule has 1 heterocycles. The molecule has 0 fully saturated rings. The average Bonchev–Trinajstić information content (AvgIpc) is 2.80. The van der Waals surface area contributed by atoms with E-state index in [4.69, 9.17) is 14.5 Å². The van der Waals surface area contributed by atoms with Gasteiger partial charge in [0.2, 0.25) is 0 Å². The first-order valence-electron chi connectivity index (χ1n) is 10.8. The molecular weight excluding hydrogens is 617 g/mol. The minimum absolute atomic E-state index is 0.0188. The standard InChI is InChI=1S/C24H25BrIN3O5/c1-5-13(3)22-28-19-8-7-16(25)11-17(19)23(30)29(22)27-12-15-9-18(26)21(20(10-15)33-6-2)34-14(4)24(31)32/h7-14H,5-6H2,1-4H3,(H,31,32)/t13-,14+/m0/s1. The second kappa shape index (κ2) is 11.3. The van der Waals surface area contributed by atoms with Crippen molar-refractivity contribution in [1.82, 2.24) is 9.66 Å². The summed E-state index contributed by atoms with van der Waals surface area (Å²) in [5, 5.41) is 14.2. The topological polar surface area (TPSA) is 103 Å². The van der Waals surface area contributed by atoms with Crippen LogP contribution in [0.15, 0.2) is 44.7 Å². The molecule has 0 aliphatic heterocycles. The molecule has 180 valence electrons. The molecule has 2 aromatic carbocycles. The van der Waals surface area contributed by atoms with E-state index in [9.17, 15) is 14.7 Å². The molecule has 2 atom stereocenters. The van der Waals surface area contributed by atoms with Gasteiger partial charge in [-0.25, -0.2) is 9.78 Å². The fourth-order valence-electron chi connectivity index (χ4n) is 3.17. The molecule has 0 aliphatic carbocycles. The van der Waals surface area contributed by atoms with E-state index in [-0.39, 0.29) is 11.5 Å². The molecule has 8 nitrogen and oxygen atoms in total. The molecule has 0 radical (unpaired) electrons. The Morgan fingerprint density at radius 1 is 1.29 bits per heavy atom. The van der Waals surface area contributed by atoms with Crippen LogP contribution in [0.1, 0.15) is 51.4 Å². The van der Waals surface area contributed by atoms with Crippen molar-refractivity contribution in [2.24, 2.45) is 5.10 Å². The lowest BCUT2D eigenvalue weighted by Crippen LogP contribution is -2.24. The minimum atomic E-state index is -1.07. The number of ether oxygens (including phenoxy) is 2. The van der Waals surface area contributed by atoms with Crippen LogP contribution in [-0.2, 0) is 4.79 Å². The summed E-state index contributed by atoms with van der Waals surface area (Å²) < 4.78 is 14.1. The van der Waals surface area contributed by atoms with Gasteiger partial charge in [0.1, 0.15) is 5.82 Å². The predicted molar refractivity (Wildman–Crippen MR) is 143 cm³/mol.